The Balaban J connectivity index is 2.33. The number of rotatable bonds is 1. The van der Waals surface area contributed by atoms with Gasteiger partial charge in [-0.1, -0.05) is 12.1 Å². The molecule has 1 saturated heterocycles. The maximum Gasteiger partial charge on any atom is 0.244 e. The van der Waals surface area contributed by atoms with Gasteiger partial charge in [0, 0.05) is 6.54 Å². The summed E-state index contributed by atoms with van der Waals surface area (Å²) in [5.74, 6) is -0.579. The van der Waals surface area contributed by atoms with E-state index in [4.69, 9.17) is 5.73 Å². The second-order valence-electron chi connectivity index (χ2n) is 3.34. The third-order valence-corrected chi connectivity index (χ3v) is 2.39. The SMILES string of the molecule is N[C@H]1CCN(c2ccccc2F)C1=O. The third-order valence-electron chi connectivity index (χ3n) is 2.39. The van der Waals surface area contributed by atoms with Gasteiger partial charge in [0.2, 0.25) is 5.91 Å². The molecule has 2 N–H and O–H groups in total. The van der Waals surface area contributed by atoms with E-state index in [1.807, 2.05) is 0 Å². The second-order valence-corrected chi connectivity index (χ2v) is 3.34. The molecule has 74 valence electrons. The Hall–Kier alpha value is -1.42. The average molecular weight is 194 g/mol. The van der Waals surface area contributed by atoms with E-state index in [1.54, 1.807) is 18.2 Å². The molecule has 1 aliphatic heterocycles. The fourth-order valence-corrected chi connectivity index (χ4v) is 1.61. The summed E-state index contributed by atoms with van der Waals surface area (Å²) in [5.41, 5.74) is 5.87. The van der Waals surface area contributed by atoms with E-state index in [0.29, 0.717) is 18.7 Å². The highest BCUT2D eigenvalue weighted by Crippen LogP contribution is 2.23. The molecule has 1 aromatic carbocycles. The van der Waals surface area contributed by atoms with Gasteiger partial charge in [-0.2, -0.15) is 0 Å². The molecule has 2 rings (SSSR count). The van der Waals surface area contributed by atoms with Crippen LogP contribution in [0.2, 0.25) is 0 Å². The van der Waals surface area contributed by atoms with Gasteiger partial charge < -0.3 is 10.6 Å². The Bertz CT molecular complexity index is 367. The van der Waals surface area contributed by atoms with Crippen molar-refractivity contribution in [2.45, 2.75) is 12.5 Å². The number of nitrogens with zero attached hydrogens (tertiary/aromatic N) is 1. The molecule has 0 spiro atoms. The highest BCUT2D eigenvalue weighted by Gasteiger charge is 2.30. The molecular formula is C10H11FN2O. The van der Waals surface area contributed by atoms with Crippen molar-refractivity contribution in [3.8, 4) is 0 Å². The van der Waals surface area contributed by atoms with E-state index in [-0.39, 0.29) is 11.7 Å². The van der Waals surface area contributed by atoms with Crippen LogP contribution in [0.25, 0.3) is 0 Å². The van der Waals surface area contributed by atoms with Gasteiger partial charge in [0.25, 0.3) is 0 Å². The van der Waals surface area contributed by atoms with Crippen molar-refractivity contribution in [2.24, 2.45) is 5.73 Å². The highest BCUT2D eigenvalue weighted by atomic mass is 19.1. The summed E-state index contributed by atoms with van der Waals surface area (Å²) in [6.45, 7) is 0.501. The van der Waals surface area contributed by atoms with Gasteiger partial charge in [0.1, 0.15) is 5.82 Å². The minimum atomic E-state index is -0.477. The Morgan fingerprint density at radius 2 is 2.14 bits per heavy atom. The molecule has 0 bridgehead atoms. The predicted octanol–water partition coefficient (Wildman–Crippen LogP) is 0.890. The van der Waals surface area contributed by atoms with E-state index >= 15 is 0 Å². The van der Waals surface area contributed by atoms with Crippen LogP contribution >= 0.6 is 0 Å². The summed E-state index contributed by atoms with van der Waals surface area (Å²) >= 11 is 0. The van der Waals surface area contributed by atoms with Gasteiger partial charge in [-0.15, -0.1) is 0 Å². The van der Waals surface area contributed by atoms with Crippen LogP contribution < -0.4 is 10.6 Å². The normalized spacial score (nSPS) is 21.7. The molecule has 1 aromatic rings. The van der Waals surface area contributed by atoms with Crippen LogP contribution in [-0.4, -0.2) is 18.5 Å². The lowest BCUT2D eigenvalue weighted by atomic mass is 10.2. The van der Waals surface area contributed by atoms with Crippen LogP contribution in [0, 0.1) is 5.82 Å². The number of hydrogen-bond donors (Lipinski definition) is 1. The standard InChI is InChI=1S/C10H11FN2O/c11-7-3-1-2-4-9(7)13-6-5-8(12)10(13)14/h1-4,8H,5-6,12H2/t8-/m0/s1. The van der Waals surface area contributed by atoms with E-state index in [0.717, 1.165) is 0 Å². The number of benzene rings is 1. The summed E-state index contributed by atoms with van der Waals surface area (Å²) in [4.78, 5) is 12.9. The van der Waals surface area contributed by atoms with Crippen molar-refractivity contribution in [1.82, 2.24) is 0 Å². The number of para-hydroxylation sites is 1. The van der Waals surface area contributed by atoms with Crippen LogP contribution in [0.4, 0.5) is 10.1 Å². The average Bonchev–Trinajstić information content (AvgIpc) is 2.49. The molecule has 14 heavy (non-hydrogen) atoms. The Morgan fingerprint density at radius 3 is 2.71 bits per heavy atom. The Kier molecular flexibility index (Phi) is 2.21. The molecule has 1 fully saturated rings. The zero-order valence-corrected chi connectivity index (χ0v) is 7.61. The molecule has 1 heterocycles. The monoisotopic (exact) mass is 194 g/mol. The molecule has 0 aliphatic carbocycles. The molecule has 3 nitrogen and oxygen atoms in total. The predicted molar refractivity (Wildman–Crippen MR) is 51.3 cm³/mol. The molecule has 0 unspecified atom stereocenters. The van der Waals surface area contributed by atoms with E-state index in [2.05, 4.69) is 0 Å². The number of hydrogen-bond acceptors (Lipinski definition) is 2. The zero-order valence-electron chi connectivity index (χ0n) is 7.61. The van der Waals surface area contributed by atoms with Gasteiger partial charge >= 0.3 is 0 Å². The fourth-order valence-electron chi connectivity index (χ4n) is 1.61. The van der Waals surface area contributed by atoms with Crippen molar-refractivity contribution >= 4 is 11.6 Å². The van der Waals surface area contributed by atoms with Gasteiger partial charge in [-0.05, 0) is 18.6 Å². The number of carbonyl (C=O) groups excluding carboxylic acids is 1. The van der Waals surface area contributed by atoms with Gasteiger partial charge in [0.15, 0.2) is 0 Å². The minimum absolute atomic E-state index is 0.199. The molecule has 4 heteroatoms. The first-order valence-electron chi connectivity index (χ1n) is 4.51. The fraction of sp³-hybridized carbons (Fsp3) is 0.300. The quantitative estimate of drug-likeness (QED) is 0.721. The molecule has 1 atom stereocenters. The smallest absolute Gasteiger partial charge is 0.244 e. The minimum Gasteiger partial charge on any atom is -0.320 e. The maximum absolute atomic E-state index is 13.3. The van der Waals surface area contributed by atoms with Crippen molar-refractivity contribution < 1.29 is 9.18 Å². The van der Waals surface area contributed by atoms with E-state index in [1.165, 1.54) is 11.0 Å². The molecular weight excluding hydrogens is 183 g/mol. The summed E-state index contributed by atoms with van der Waals surface area (Å²) in [5, 5.41) is 0. The van der Waals surface area contributed by atoms with E-state index in [9.17, 15) is 9.18 Å². The number of anilines is 1. The van der Waals surface area contributed by atoms with Crippen molar-refractivity contribution in [2.75, 3.05) is 11.4 Å². The van der Waals surface area contributed by atoms with Crippen LogP contribution in [0.3, 0.4) is 0 Å². The zero-order chi connectivity index (χ0) is 10.1. The number of amides is 1. The molecule has 1 amide bonds. The van der Waals surface area contributed by atoms with Crippen LogP contribution in [0.1, 0.15) is 6.42 Å². The van der Waals surface area contributed by atoms with Crippen LogP contribution in [0.15, 0.2) is 24.3 Å². The Labute approximate surface area is 81.3 Å². The van der Waals surface area contributed by atoms with Gasteiger partial charge in [-0.3, -0.25) is 4.79 Å². The molecule has 0 radical (unpaired) electrons. The van der Waals surface area contributed by atoms with Crippen LogP contribution in [0.5, 0.6) is 0 Å². The summed E-state index contributed by atoms with van der Waals surface area (Å²) in [6, 6.07) is 5.75. The molecule has 0 saturated carbocycles. The lowest BCUT2D eigenvalue weighted by molar-refractivity contribution is -0.118. The highest BCUT2D eigenvalue weighted by molar-refractivity contribution is 5.99. The van der Waals surface area contributed by atoms with Crippen LogP contribution in [-0.2, 0) is 4.79 Å². The van der Waals surface area contributed by atoms with Crippen molar-refractivity contribution in [3.63, 3.8) is 0 Å². The largest absolute Gasteiger partial charge is 0.320 e. The maximum atomic E-state index is 13.3. The first kappa shape index (κ1) is 9.15. The number of carbonyl (C=O) groups is 1. The Morgan fingerprint density at radius 1 is 1.43 bits per heavy atom. The lowest BCUT2D eigenvalue weighted by Gasteiger charge is -2.16. The summed E-state index contributed by atoms with van der Waals surface area (Å²) < 4.78 is 13.3. The number of halogens is 1. The third kappa shape index (κ3) is 1.37. The van der Waals surface area contributed by atoms with Gasteiger partial charge in [-0.25, -0.2) is 4.39 Å². The first-order chi connectivity index (χ1) is 6.70. The molecule has 1 aliphatic rings. The van der Waals surface area contributed by atoms with Crippen molar-refractivity contribution in [1.29, 1.82) is 0 Å². The van der Waals surface area contributed by atoms with Crippen molar-refractivity contribution in [3.05, 3.63) is 30.1 Å². The van der Waals surface area contributed by atoms with E-state index < -0.39 is 6.04 Å². The number of nitrogens with two attached hydrogens (primary N) is 1. The summed E-state index contributed by atoms with van der Waals surface area (Å²) in [6.07, 6.45) is 0.590. The summed E-state index contributed by atoms with van der Waals surface area (Å²) in [7, 11) is 0. The molecule has 0 aromatic heterocycles. The first-order valence-corrected chi connectivity index (χ1v) is 4.51. The van der Waals surface area contributed by atoms with Gasteiger partial charge in [0.05, 0.1) is 11.7 Å². The topological polar surface area (TPSA) is 46.3 Å². The second kappa shape index (κ2) is 3.38. The lowest BCUT2D eigenvalue weighted by Crippen LogP contribution is -2.34.